The van der Waals surface area contributed by atoms with Gasteiger partial charge in [-0.3, -0.25) is 0 Å². The van der Waals surface area contributed by atoms with E-state index in [2.05, 4.69) is 100 Å². The second-order valence-electron chi connectivity index (χ2n) is 11.2. The Kier molecular flexibility index (Phi) is 9.18. The summed E-state index contributed by atoms with van der Waals surface area (Å²) in [6.07, 6.45) is 0.570. The molecule has 3 atom stereocenters. The van der Waals surface area contributed by atoms with Crippen molar-refractivity contribution in [1.82, 2.24) is 5.32 Å². The second kappa shape index (κ2) is 13.1. The normalized spacial score (nSPS) is 20.2. The number of hydrogen-bond acceptors (Lipinski definition) is 6. The first kappa shape index (κ1) is 31.5. The van der Waals surface area contributed by atoms with E-state index in [1.54, 1.807) is 23.9 Å². The number of ether oxygens (including phenoxy) is 2. The molecule has 45 heavy (non-hydrogen) atoms. The number of para-hydroxylation sites is 1. The van der Waals surface area contributed by atoms with Crippen LogP contribution in [0.5, 0.6) is 5.75 Å². The number of carbonyl (C=O) groups is 3. The molecule has 1 amide bonds. The van der Waals surface area contributed by atoms with Crippen LogP contribution in [-0.2, 0) is 19.1 Å². The first-order valence-electron chi connectivity index (χ1n) is 14.7. The maximum atomic E-state index is 13.7. The van der Waals surface area contributed by atoms with E-state index in [1.807, 2.05) is 36.4 Å². The molecule has 1 fully saturated rings. The Morgan fingerprint density at radius 2 is 1.31 bits per heavy atom. The van der Waals surface area contributed by atoms with Crippen molar-refractivity contribution in [2.24, 2.45) is 5.92 Å². The zero-order valence-electron chi connectivity index (χ0n) is 24.7. The van der Waals surface area contributed by atoms with Gasteiger partial charge in [-0.25, -0.2) is 0 Å². The summed E-state index contributed by atoms with van der Waals surface area (Å²) in [7, 11) is 1.36. The summed E-state index contributed by atoms with van der Waals surface area (Å²) in [4.78, 5) is 40.1. The number of thioether (sulfide) groups is 1. The van der Waals surface area contributed by atoms with E-state index < -0.39 is 22.2 Å². The van der Waals surface area contributed by atoms with Gasteiger partial charge in [-0.05, 0) is 0 Å². The number of esters is 1. The number of ketones is 1. The molecule has 4 aromatic carbocycles. The van der Waals surface area contributed by atoms with Gasteiger partial charge in [0.15, 0.2) is 0 Å². The third-order valence-corrected chi connectivity index (χ3v) is 21.2. The van der Waals surface area contributed by atoms with Gasteiger partial charge in [0.25, 0.3) is 0 Å². The number of nitrogens with one attached hydrogen (secondary N) is 1. The van der Waals surface area contributed by atoms with Crippen molar-refractivity contribution in [2.75, 3.05) is 25.6 Å². The van der Waals surface area contributed by atoms with Crippen molar-refractivity contribution in [3.05, 3.63) is 132 Å². The van der Waals surface area contributed by atoms with Gasteiger partial charge in [0.05, 0.1) is 0 Å². The fourth-order valence-electron chi connectivity index (χ4n) is 6.43. The molecule has 2 aliphatic rings. The van der Waals surface area contributed by atoms with Gasteiger partial charge >= 0.3 is 264 Å². The molecule has 6 rings (SSSR count). The summed E-state index contributed by atoms with van der Waals surface area (Å²) in [5.41, 5.74) is 1.35. The number of hydrogen-bond donors (Lipinski definition) is 1. The van der Waals surface area contributed by atoms with Crippen LogP contribution in [0.3, 0.4) is 0 Å². The van der Waals surface area contributed by atoms with Crippen LogP contribution in [0.2, 0.25) is 0 Å². The topological polar surface area (TPSA) is 81.7 Å². The SMILES string of the molecule is COC(=O)C1=C(CP(I)(c2ccccc2)(c2ccccc2)c2ccccc2)CS[C@H]2C1C(=O)[C@H]2NC(=O)COc1ccccc1. The fourth-order valence-corrected chi connectivity index (χ4v) is 17.0. The van der Waals surface area contributed by atoms with Gasteiger partial charge in [0.2, 0.25) is 0 Å². The van der Waals surface area contributed by atoms with Crippen LogP contribution in [0.4, 0.5) is 0 Å². The van der Waals surface area contributed by atoms with Gasteiger partial charge in [0, 0.05) is 0 Å². The number of Topliss-reactive ketones (excluding diaryl/α,β-unsaturated/α-hetero) is 1. The predicted octanol–water partition coefficient (Wildman–Crippen LogP) is 5.21. The van der Waals surface area contributed by atoms with Crippen molar-refractivity contribution in [1.29, 1.82) is 0 Å². The Labute approximate surface area is 280 Å². The molecular formula is C36H33INO5PS. The molecule has 0 spiro atoms. The van der Waals surface area contributed by atoms with Crippen LogP contribution in [0.1, 0.15) is 0 Å². The minimum Gasteiger partial charge on any atom is -0.0620 e. The van der Waals surface area contributed by atoms with Crippen molar-refractivity contribution < 1.29 is 23.9 Å². The summed E-state index contributed by atoms with van der Waals surface area (Å²) in [5, 5.41) is 6.16. The number of fused-ring (bicyclic) bond motifs is 1. The van der Waals surface area contributed by atoms with Crippen molar-refractivity contribution in [2.45, 2.75) is 11.3 Å². The van der Waals surface area contributed by atoms with E-state index >= 15 is 0 Å². The van der Waals surface area contributed by atoms with Crippen LogP contribution in [0.25, 0.3) is 0 Å². The molecule has 1 saturated carbocycles. The van der Waals surface area contributed by atoms with Crippen LogP contribution in [0.15, 0.2) is 132 Å². The third kappa shape index (κ3) is 5.73. The van der Waals surface area contributed by atoms with E-state index in [4.69, 9.17) is 9.47 Å². The van der Waals surface area contributed by atoms with Crippen LogP contribution >= 0.6 is 38.0 Å². The maximum absolute atomic E-state index is 13.7. The Bertz CT molecular complexity index is 1640. The molecule has 4 aromatic rings. The van der Waals surface area contributed by atoms with E-state index in [0.29, 0.717) is 23.2 Å². The van der Waals surface area contributed by atoms with Crippen molar-refractivity contribution >= 4 is 71.6 Å². The Morgan fingerprint density at radius 1 is 0.822 bits per heavy atom. The molecule has 1 heterocycles. The summed E-state index contributed by atoms with van der Waals surface area (Å²) in [5.74, 6) is -0.570. The zero-order valence-corrected chi connectivity index (χ0v) is 28.5. The molecule has 0 aromatic heterocycles. The number of amides is 1. The summed E-state index contributed by atoms with van der Waals surface area (Å²) >= 11 is 4.32. The van der Waals surface area contributed by atoms with Gasteiger partial charge in [-0.1, -0.05) is 18.2 Å². The number of methoxy groups -OCH3 is 1. The third-order valence-electron chi connectivity index (χ3n) is 8.62. The molecule has 9 heteroatoms. The molecule has 230 valence electrons. The zero-order chi connectivity index (χ0) is 31.5. The van der Waals surface area contributed by atoms with Gasteiger partial charge in [-0.2, -0.15) is 0 Å². The summed E-state index contributed by atoms with van der Waals surface area (Å²) < 4.78 is 7.64. The van der Waals surface area contributed by atoms with Crippen molar-refractivity contribution in [3.8, 4) is 5.75 Å². The minimum absolute atomic E-state index is 0.175. The quantitative estimate of drug-likeness (QED) is 0.136. The van der Waals surface area contributed by atoms with Gasteiger partial charge in [-0.15, -0.1) is 0 Å². The van der Waals surface area contributed by atoms with Gasteiger partial charge in [0.1, 0.15) is 0 Å². The predicted molar refractivity (Wildman–Crippen MR) is 192 cm³/mol. The second-order valence-corrected chi connectivity index (χ2v) is 22.9. The molecule has 6 nitrogen and oxygen atoms in total. The molecule has 1 aliphatic heterocycles. The molecule has 1 aliphatic carbocycles. The molecule has 1 unspecified atom stereocenters. The number of rotatable bonds is 10. The Morgan fingerprint density at radius 3 is 1.80 bits per heavy atom. The first-order chi connectivity index (χ1) is 21.8. The van der Waals surface area contributed by atoms with Crippen LogP contribution in [-0.4, -0.2) is 54.6 Å². The Balaban J connectivity index is 1.38. The fraction of sp³-hybridized carbons (Fsp3) is 0.194. The first-order valence-corrected chi connectivity index (χ1v) is 20.9. The molecule has 0 saturated heterocycles. The monoisotopic (exact) mass is 749 g/mol. The van der Waals surface area contributed by atoms with E-state index in [0.717, 1.165) is 5.57 Å². The van der Waals surface area contributed by atoms with Crippen LogP contribution in [0, 0.1) is 5.92 Å². The van der Waals surface area contributed by atoms with Crippen molar-refractivity contribution in [3.63, 3.8) is 0 Å². The molecule has 0 bridgehead atoms. The van der Waals surface area contributed by atoms with E-state index in [1.165, 1.54) is 23.0 Å². The summed E-state index contributed by atoms with van der Waals surface area (Å²) in [6, 6.07) is 39.9. The standard InChI is InChI=1S/C36H33INO5PS/c1-42-36(41)31-25(24-45-35-32(31)34(40)33(35)38-30(39)22-43-26-14-6-2-7-15-26)23-44(37,27-16-8-3-9-17-27,28-18-10-4-11-19-28)29-20-12-5-13-21-29/h2-21,32-33,35H,22-24H2,1H3,(H,38,39)/t32?,33-,35+/m1/s1. The minimum atomic E-state index is -3.28. The molecular weight excluding hydrogens is 716 g/mol. The molecule has 1 N–H and O–H groups in total. The van der Waals surface area contributed by atoms with Crippen LogP contribution < -0.4 is 26.0 Å². The summed E-state index contributed by atoms with van der Waals surface area (Å²) in [6.45, 7) is -0.199. The van der Waals surface area contributed by atoms with E-state index in [9.17, 15) is 14.4 Å². The Hall–Kier alpha value is -3.46. The molecule has 0 radical (unpaired) electrons. The van der Waals surface area contributed by atoms with E-state index in [-0.39, 0.29) is 23.5 Å². The average Bonchev–Trinajstić information content (AvgIpc) is 3.10. The van der Waals surface area contributed by atoms with Gasteiger partial charge < -0.3 is 0 Å². The smallest absolute Gasteiger partial charge is 0.0620 e. The number of carbonyl (C=O) groups excluding carboxylic acids is 3. The number of halogens is 1. The number of benzene rings is 4. The average molecular weight is 750 g/mol.